The second kappa shape index (κ2) is 7.00. The van der Waals surface area contributed by atoms with Gasteiger partial charge < -0.3 is 5.32 Å². The minimum atomic E-state index is 0.348. The molecule has 0 fully saturated rings. The van der Waals surface area contributed by atoms with E-state index in [9.17, 15) is 0 Å². The number of hydrogen-bond donors (Lipinski definition) is 1. The molecule has 1 aliphatic rings. The van der Waals surface area contributed by atoms with Crippen LogP contribution in [0.15, 0.2) is 29.2 Å². The molecule has 2 atom stereocenters. The van der Waals surface area contributed by atoms with E-state index >= 15 is 0 Å². The summed E-state index contributed by atoms with van der Waals surface area (Å²) in [7, 11) is 0. The quantitative estimate of drug-likeness (QED) is 0.785. The molecule has 0 aliphatic carbocycles. The maximum Gasteiger partial charge on any atom is 0.0116 e. The van der Waals surface area contributed by atoms with Crippen LogP contribution in [0.3, 0.4) is 0 Å². The summed E-state index contributed by atoms with van der Waals surface area (Å²) in [5.74, 6) is 2.02. The first-order valence-electron chi connectivity index (χ1n) is 7.97. The Morgan fingerprint density at radius 1 is 1.30 bits per heavy atom. The summed E-state index contributed by atoms with van der Waals surface area (Å²) in [6, 6.07) is 9.58. The van der Waals surface area contributed by atoms with E-state index in [2.05, 4.69) is 57.3 Å². The van der Waals surface area contributed by atoms with Gasteiger partial charge in [-0.25, -0.2) is 0 Å². The molecule has 0 spiro atoms. The van der Waals surface area contributed by atoms with Crippen LogP contribution in [0, 0.1) is 5.41 Å². The van der Waals surface area contributed by atoms with E-state index in [1.807, 2.05) is 11.8 Å². The Balaban J connectivity index is 1.93. The summed E-state index contributed by atoms with van der Waals surface area (Å²) in [4.78, 5) is 1.51. The monoisotopic (exact) mass is 291 g/mol. The van der Waals surface area contributed by atoms with E-state index in [-0.39, 0.29) is 0 Å². The fourth-order valence-corrected chi connectivity index (χ4v) is 4.30. The van der Waals surface area contributed by atoms with Gasteiger partial charge in [-0.05, 0) is 48.8 Å². The maximum absolute atomic E-state index is 3.75. The fourth-order valence-electron chi connectivity index (χ4n) is 3.00. The first kappa shape index (κ1) is 15.9. The van der Waals surface area contributed by atoms with E-state index in [0.717, 1.165) is 12.5 Å². The van der Waals surface area contributed by atoms with Gasteiger partial charge in [0.25, 0.3) is 0 Å². The summed E-state index contributed by atoms with van der Waals surface area (Å²) in [6.45, 7) is 10.5. The number of fused-ring (bicyclic) bond motifs is 1. The zero-order chi connectivity index (χ0) is 14.6. The zero-order valence-corrected chi connectivity index (χ0v) is 14.2. The van der Waals surface area contributed by atoms with E-state index in [1.165, 1.54) is 29.9 Å². The number of benzene rings is 1. The summed E-state index contributed by atoms with van der Waals surface area (Å²) >= 11 is 2.03. The van der Waals surface area contributed by atoms with Crippen LogP contribution < -0.4 is 5.32 Å². The van der Waals surface area contributed by atoms with Crippen LogP contribution in [0.5, 0.6) is 0 Å². The summed E-state index contributed by atoms with van der Waals surface area (Å²) < 4.78 is 0. The van der Waals surface area contributed by atoms with Crippen LogP contribution in [-0.2, 0) is 0 Å². The maximum atomic E-state index is 3.75. The van der Waals surface area contributed by atoms with Crippen molar-refractivity contribution in [2.24, 2.45) is 5.41 Å². The van der Waals surface area contributed by atoms with Crippen LogP contribution in [-0.4, -0.2) is 18.3 Å². The first-order chi connectivity index (χ1) is 9.52. The minimum Gasteiger partial charge on any atom is -0.313 e. The van der Waals surface area contributed by atoms with Gasteiger partial charge in [0.2, 0.25) is 0 Å². The Bertz CT molecular complexity index is 422. The van der Waals surface area contributed by atoms with Gasteiger partial charge in [-0.2, -0.15) is 0 Å². The molecule has 112 valence electrons. The average molecular weight is 292 g/mol. The summed E-state index contributed by atoms with van der Waals surface area (Å²) in [6.07, 6.45) is 3.81. The van der Waals surface area contributed by atoms with Gasteiger partial charge in [-0.3, -0.25) is 0 Å². The molecule has 2 rings (SSSR count). The number of thioether (sulfide) groups is 1. The molecule has 1 heterocycles. The number of nitrogens with one attached hydrogen (secondary N) is 1. The molecule has 1 aromatic rings. The number of rotatable bonds is 6. The van der Waals surface area contributed by atoms with Crippen molar-refractivity contribution in [3.8, 4) is 0 Å². The van der Waals surface area contributed by atoms with Gasteiger partial charge in [-0.1, -0.05) is 45.9 Å². The third kappa shape index (κ3) is 4.02. The lowest BCUT2D eigenvalue weighted by Crippen LogP contribution is -2.40. The summed E-state index contributed by atoms with van der Waals surface area (Å²) in [5.41, 5.74) is 1.93. The van der Waals surface area contributed by atoms with E-state index < -0.39 is 0 Å². The average Bonchev–Trinajstić information content (AvgIpc) is 2.81. The van der Waals surface area contributed by atoms with Gasteiger partial charge in [-0.15, -0.1) is 11.8 Å². The molecule has 1 nitrogen and oxygen atoms in total. The zero-order valence-electron chi connectivity index (χ0n) is 13.4. The Morgan fingerprint density at radius 2 is 2.05 bits per heavy atom. The highest BCUT2D eigenvalue weighted by atomic mass is 32.2. The third-order valence-electron chi connectivity index (χ3n) is 4.29. The van der Waals surface area contributed by atoms with Gasteiger partial charge in [0.15, 0.2) is 0 Å². The van der Waals surface area contributed by atoms with Crippen LogP contribution in [0.4, 0.5) is 0 Å². The van der Waals surface area contributed by atoms with Crippen molar-refractivity contribution in [1.82, 2.24) is 5.32 Å². The van der Waals surface area contributed by atoms with Gasteiger partial charge in [0, 0.05) is 16.7 Å². The van der Waals surface area contributed by atoms with Crippen molar-refractivity contribution in [2.45, 2.75) is 63.8 Å². The van der Waals surface area contributed by atoms with Gasteiger partial charge in [0.05, 0.1) is 0 Å². The molecule has 1 N–H and O–H groups in total. The lowest BCUT2D eigenvalue weighted by Gasteiger charge is -2.32. The molecule has 2 unspecified atom stereocenters. The Morgan fingerprint density at radius 3 is 2.75 bits per heavy atom. The van der Waals surface area contributed by atoms with Crippen LogP contribution in [0.25, 0.3) is 0 Å². The molecule has 0 saturated carbocycles. The van der Waals surface area contributed by atoms with Crippen molar-refractivity contribution in [3.63, 3.8) is 0 Å². The fraction of sp³-hybridized carbons (Fsp3) is 0.667. The van der Waals surface area contributed by atoms with E-state index in [4.69, 9.17) is 0 Å². The predicted octanol–water partition coefficient (Wildman–Crippen LogP) is 5.07. The highest BCUT2D eigenvalue weighted by Crippen LogP contribution is 2.42. The Hall–Kier alpha value is -0.470. The molecular weight excluding hydrogens is 262 g/mol. The van der Waals surface area contributed by atoms with Crippen molar-refractivity contribution in [3.05, 3.63) is 29.8 Å². The second-order valence-corrected chi connectivity index (χ2v) is 8.06. The summed E-state index contributed by atoms with van der Waals surface area (Å²) in [5, 5.41) is 3.75. The molecule has 2 heteroatoms. The molecule has 0 bridgehead atoms. The minimum absolute atomic E-state index is 0.348. The highest BCUT2D eigenvalue weighted by molar-refractivity contribution is 7.99. The predicted molar refractivity (Wildman–Crippen MR) is 90.7 cm³/mol. The first-order valence-corrected chi connectivity index (χ1v) is 8.96. The van der Waals surface area contributed by atoms with Gasteiger partial charge in [0.1, 0.15) is 0 Å². The lowest BCUT2D eigenvalue weighted by molar-refractivity contribution is 0.248. The Labute approximate surface area is 128 Å². The van der Waals surface area contributed by atoms with Gasteiger partial charge >= 0.3 is 0 Å². The number of hydrogen-bond acceptors (Lipinski definition) is 2. The third-order valence-corrected chi connectivity index (χ3v) is 5.54. The molecule has 20 heavy (non-hydrogen) atoms. The molecular formula is C18H29NS. The Kier molecular flexibility index (Phi) is 5.57. The standard InChI is InChI=1S/C18H29NS/c1-5-12-19-17(18(2,3)4)11-10-14-13-20-16-9-7-6-8-15(14)16/h6-9,14,17,19H,5,10-13H2,1-4H3. The smallest absolute Gasteiger partial charge is 0.0116 e. The van der Waals surface area contributed by atoms with E-state index in [0.29, 0.717) is 11.5 Å². The topological polar surface area (TPSA) is 12.0 Å². The second-order valence-electron chi connectivity index (χ2n) is 7.00. The molecule has 0 saturated heterocycles. The molecule has 1 aromatic carbocycles. The van der Waals surface area contributed by atoms with Crippen molar-refractivity contribution in [2.75, 3.05) is 12.3 Å². The van der Waals surface area contributed by atoms with Crippen molar-refractivity contribution < 1.29 is 0 Å². The van der Waals surface area contributed by atoms with Crippen LogP contribution >= 0.6 is 11.8 Å². The molecule has 0 radical (unpaired) electrons. The SMILES string of the molecule is CCCNC(CCC1CSc2ccccc21)C(C)(C)C. The van der Waals surface area contributed by atoms with Crippen molar-refractivity contribution >= 4 is 11.8 Å². The van der Waals surface area contributed by atoms with E-state index in [1.54, 1.807) is 5.56 Å². The largest absolute Gasteiger partial charge is 0.313 e. The molecule has 1 aliphatic heterocycles. The molecule has 0 amide bonds. The van der Waals surface area contributed by atoms with Crippen LogP contribution in [0.2, 0.25) is 0 Å². The highest BCUT2D eigenvalue weighted by Gasteiger charge is 2.27. The van der Waals surface area contributed by atoms with Crippen LogP contribution in [0.1, 0.15) is 58.4 Å². The normalized spacial score (nSPS) is 19.9. The lowest BCUT2D eigenvalue weighted by atomic mass is 9.81. The molecule has 0 aromatic heterocycles. The van der Waals surface area contributed by atoms with Crippen molar-refractivity contribution in [1.29, 1.82) is 0 Å².